The standard InChI is InChI=1S/C26H31N3O3S/c30-26(28-22-15-7-2-1-3-8-16-22)23(19-20-11-5-4-6-12-20)29-33(31,32)24-17-9-13-21-14-10-18-27-25(21)24/h4-6,9-14,17-18,22-23,29H,1-3,7-8,15-16,19H2,(H,28,30)/t23-/m1/s1. The number of carbonyl (C=O) groups is 1. The number of sulfonamides is 1. The smallest absolute Gasteiger partial charge is 0.243 e. The molecule has 1 fully saturated rings. The highest BCUT2D eigenvalue weighted by atomic mass is 32.2. The maximum atomic E-state index is 13.4. The van der Waals surface area contributed by atoms with Crippen molar-refractivity contribution in [2.24, 2.45) is 0 Å². The Bertz CT molecular complexity index is 1170. The van der Waals surface area contributed by atoms with Gasteiger partial charge in [-0.2, -0.15) is 4.72 Å². The highest BCUT2D eigenvalue weighted by Crippen LogP contribution is 2.22. The summed E-state index contributed by atoms with van der Waals surface area (Å²) in [5.41, 5.74) is 1.29. The van der Waals surface area contributed by atoms with Crippen LogP contribution >= 0.6 is 0 Å². The summed E-state index contributed by atoms with van der Waals surface area (Å²) in [6, 6.07) is 17.3. The Hall–Kier alpha value is -2.77. The number of hydrogen-bond acceptors (Lipinski definition) is 4. The van der Waals surface area contributed by atoms with Gasteiger partial charge in [0.2, 0.25) is 15.9 Å². The van der Waals surface area contributed by atoms with Crippen molar-refractivity contribution in [3.63, 3.8) is 0 Å². The Labute approximate surface area is 195 Å². The Kier molecular flexibility index (Phi) is 7.73. The van der Waals surface area contributed by atoms with Crippen LogP contribution in [0.2, 0.25) is 0 Å². The first-order chi connectivity index (χ1) is 16.0. The number of pyridine rings is 1. The first-order valence-corrected chi connectivity index (χ1v) is 13.2. The van der Waals surface area contributed by atoms with Crippen LogP contribution in [-0.2, 0) is 21.2 Å². The van der Waals surface area contributed by atoms with E-state index in [1.807, 2.05) is 42.5 Å². The van der Waals surface area contributed by atoms with Crippen molar-refractivity contribution in [1.29, 1.82) is 0 Å². The molecule has 3 aromatic rings. The van der Waals surface area contributed by atoms with Crippen LogP contribution in [0, 0.1) is 0 Å². The summed E-state index contributed by atoms with van der Waals surface area (Å²) in [5.74, 6) is -0.277. The van der Waals surface area contributed by atoms with Gasteiger partial charge in [0.05, 0.1) is 5.52 Å². The zero-order chi connectivity index (χ0) is 23.1. The molecule has 0 saturated heterocycles. The highest BCUT2D eigenvalue weighted by molar-refractivity contribution is 7.89. The number of para-hydroxylation sites is 1. The number of fused-ring (bicyclic) bond motifs is 1. The van der Waals surface area contributed by atoms with Gasteiger partial charge in [-0.3, -0.25) is 9.78 Å². The summed E-state index contributed by atoms with van der Waals surface area (Å²) in [7, 11) is -3.98. The number of rotatable bonds is 7. The zero-order valence-electron chi connectivity index (χ0n) is 18.7. The molecule has 1 saturated carbocycles. The quantitative estimate of drug-likeness (QED) is 0.543. The van der Waals surface area contributed by atoms with Crippen LogP contribution in [0.1, 0.15) is 50.5 Å². The summed E-state index contributed by atoms with van der Waals surface area (Å²) in [6.07, 6.45) is 9.50. The molecule has 2 N–H and O–H groups in total. The number of nitrogens with one attached hydrogen (secondary N) is 2. The first-order valence-electron chi connectivity index (χ1n) is 11.7. The minimum absolute atomic E-state index is 0.0809. The van der Waals surface area contributed by atoms with Crippen molar-refractivity contribution >= 4 is 26.8 Å². The molecule has 1 heterocycles. The molecule has 0 spiro atoms. The summed E-state index contributed by atoms with van der Waals surface area (Å²) in [6.45, 7) is 0. The fraction of sp³-hybridized carbons (Fsp3) is 0.385. The molecule has 0 radical (unpaired) electrons. The number of hydrogen-bond donors (Lipinski definition) is 2. The third-order valence-electron chi connectivity index (χ3n) is 6.23. The van der Waals surface area contributed by atoms with Gasteiger partial charge in [0.1, 0.15) is 10.9 Å². The summed E-state index contributed by atoms with van der Waals surface area (Å²) < 4.78 is 29.5. The zero-order valence-corrected chi connectivity index (χ0v) is 19.6. The molecule has 0 bridgehead atoms. The van der Waals surface area contributed by atoms with Gasteiger partial charge < -0.3 is 5.32 Å². The van der Waals surface area contributed by atoms with E-state index in [0.717, 1.165) is 36.6 Å². The van der Waals surface area contributed by atoms with E-state index < -0.39 is 16.1 Å². The minimum atomic E-state index is -3.98. The van der Waals surface area contributed by atoms with Gasteiger partial charge in [-0.15, -0.1) is 0 Å². The molecule has 174 valence electrons. The molecule has 1 atom stereocenters. The van der Waals surface area contributed by atoms with Crippen molar-refractivity contribution in [3.8, 4) is 0 Å². The number of carbonyl (C=O) groups excluding carboxylic acids is 1. The van der Waals surface area contributed by atoms with Crippen LogP contribution in [0.25, 0.3) is 10.9 Å². The van der Waals surface area contributed by atoms with Gasteiger partial charge in [0.25, 0.3) is 0 Å². The summed E-state index contributed by atoms with van der Waals surface area (Å²) in [4.78, 5) is 17.7. The first kappa shape index (κ1) is 23.4. The third-order valence-corrected chi connectivity index (χ3v) is 7.74. The summed E-state index contributed by atoms with van der Waals surface area (Å²) in [5, 5.41) is 3.87. The monoisotopic (exact) mass is 465 g/mol. The third kappa shape index (κ3) is 6.18. The van der Waals surface area contributed by atoms with Crippen molar-refractivity contribution in [2.45, 2.75) is 68.3 Å². The van der Waals surface area contributed by atoms with E-state index in [4.69, 9.17) is 0 Å². The van der Waals surface area contributed by atoms with Gasteiger partial charge in [-0.1, -0.05) is 80.6 Å². The highest BCUT2D eigenvalue weighted by Gasteiger charge is 2.29. The molecule has 1 amide bonds. The number of benzene rings is 2. The van der Waals surface area contributed by atoms with E-state index in [0.29, 0.717) is 5.52 Å². The van der Waals surface area contributed by atoms with Crippen LogP contribution in [0.15, 0.2) is 71.8 Å². The van der Waals surface area contributed by atoms with Gasteiger partial charge in [-0.05, 0) is 37.0 Å². The predicted octanol–water partition coefficient (Wildman–Crippen LogP) is 4.35. The number of nitrogens with zero attached hydrogens (tertiary/aromatic N) is 1. The van der Waals surface area contributed by atoms with Crippen LogP contribution in [0.3, 0.4) is 0 Å². The number of amides is 1. The molecule has 1 aliphatic carbocycles. The van der Waals surface area contributed by atoms with Gasteiger partial charge >= 0.3 is 0 Å². The molecular formula is C26H31N3O3S. The molecule has 7 heteroatoms. The molecular weight excluding hydrogens is 434 g/mol. The van der Waals surface area contributed by atoms with E-state index in [1.165, 1.54) is 25.3 Å². The maximum absolute atomic E-state index is 13.4. The van der Waals surface area contributed by atoms with Crippen molar-refractivity contribution < 1.29 is 13.2 Å². The van der Waals surface area contributed by atoms with Crippen LogP contribution in [-0.4, -0.2) is 31.4 Å². The lowest BCUT2D eigenvalue weighted by Gasteiger charge is -2.25. The molecule has 33 heavy (non-hydrogen) atoms. The summed E-state index contributed by atoms with van der Waals surface area (Å²) >= 11 is 0. The molecule has 1 aromatic heterocycles. The van der Waals surface area contributed by atoms with E-state index in [-0.39, 0.29) is 23.3 Å². The average Bonchev–Trinajstić information content (AvgIpc) is 2.80. The van der Waals surface area contributed by atoms with Crippen molar-refractivity contribution in [2.75, 3.05) is 0 Å². The van der Waals surface area contributed by atoms with E-state index in [2.05, 4.69) is 15.0 Å². The SMILES string of the molecule is O=C(NC1CCCCCCC1)[C@@H](Cc1ccccc1)NS(=O)(=O)c1cccc2cccnc12. The van der Waals surface area contributed by atoms with E-state index in [9.17, 15) is 13.2 Å². The molecule has 4 rings (SSSR count). The topological polar surface area (TPSA) is 88.2 Å². The largest absolute Gasteiger partial charge is 0.352 e. The maximum Gasteiger partial charge on any atom is 0.243 e. The average molecular weight is 466 g/mol. The molecule has 6 nitrogen and oxygen atoms in total. The molecule has 0 aliphatic heterocycles. The normalized spacial score (nSPS) is 16.6. The molecule has 0 unspecified atom stereocenters. The van der Waals surface area contributed by atoms with E-state index >= 15 is 0 Å². The Morgan fingerprint density at radius 1 is 0.909 bits per heavy atom. The Morgan fingerprint density at radius 3 is 2.36 bits per heavy atom. The fourth-order valence-corrected chi connectivity index (χ4v) is 5.86. The predicted molar refractivity (Wildman–Crippen MR) is 130 cm³/mol. The Morgan fingerprint density at radius 2 is 1.61 bits per heavy atom. The molecule has 1 aliphatic rings. The second-order valence-corrected chi connectivity index (χ2v) is 10.4. The van der Waals surface area contributed by atoms with Crippen LogP contribution < -0.4 is 10.0 Å². The second-order valence-electron chi connectivity index (χ2n) is 8.75. The Balaban J connectivity index is 1.59. The van der Waals surface area contributed by atoms with Crippen molar-refractivity contribution in [3.05, 3.63) is 72.4 Å². The van der Waals surface area contributed by atoms with Crippen molar-refractivity contribution in [1.82, 2.24) is 15.0 Å². The van der Waals surface area contributed by atoms with Crippen LogP contribution in [0.5, 0.6) is 0 Å². The fourth-order valence-electron chi connectivity index (χ4n) is 4.48. The number of aromatic nitrogens is 1. The minimum Gasteiger partial charge on any atom is -0.352 e. The van der Waals surface area contributed by atoms with Gasteiger partial charge in [-0.25, -0.2) is 8.42 Å². The van der Waals surface area contributed by atoms with Gasteiger partial charge in [0.15, 0.2) is 0 Å². The van der Waals surface area contributed by atoms with Crippen LogP contribution in [0.4, 0.5) is 0 Å². The second kappa shape index (κ2) is 10.9. The lowest BCUT2D eigenvalue weighted by molar-refractivity contribution is -0.123. The lowest BCUT2D eigenvalue weighted by atomic mass is 9.96. The molecule has 2 aromatic carbocycles. The van der Waals surface area contributed by atoms with Gasteiger partial charge in [0, 0.05) is 17.6 Å². The van der Waals surface area contributed by atoms with E-state index in [1.54, 1.807) is 18.3 Å². The lowest BCUT2D eigenvalue weighted by Crippen LogP contribution is -2.50.